The highest BCUT2D eigenvalue weighted by molar-refractivity contribution is 14.0. The lowest BCUT2D eigenvalue weighted by Crippen LogP contribution is -2.41. The van der Waals surface area contributed by atoms with Crippen molar-refractivity contribution in [2.24, 2.45) is 22.7 Å². The van der Waals surface area contributed by atoms with Gasteiger partial charge in [-0.15, -0.1) is 24.0 Å². The fraction of sp³-hybridized carbons (Fsp3) is 0.882. The fourth-order valence-corrected chi connectivity index (χ4v) is 3.59. The predicted octanol–water partition coefficient (Wildman–Crippen LogP) is 1.65. The highest BCUT2D eigenvalue weighted by Gasteiger charge is 2.37. The molecular weight excluding hydrogens is 419 g/mol. The van der Waals surface area contributed by atoms with Gasteiger partial charge in [-0.25, -0.2) is 0 Å². The number of hydrogen-bond acceptors (Lipinski definition) is 4. The number of carbonyl (C=O) groups is 1. The van der Waals surface area contributed by atoms with Crippen molar-refractivity contribution in [1.29, 1.82) is 0 Å². The Bertz CT molecular complexity index is 433. The third-order valence-electron chi connectivity index (χ3n) is 5.07. The van der Waals surface area contributed by atoms with Gasteiger partial charge in [-0.05, 0) is 38.3 Å². The Hall–Kier alpha value is -0.570. The van der Waals surface area contributed by atoms with Crippen molar-refractivity contribution in [2.45, 2.75) is 27.2 Å². The van der Waals surface area contributed by atoms with Crippen molar-refractivity contribution in [3.05, 3.63) is 0 Å². The first kappa shape index (κ1) is 21.5. The Morgan fingerprint density at radius 2 is 2.04 bits per heavy atom. The molecule has 0 aromatic rings. The van der Waals surface area contributed by atoms with E-state index in [1.54, 1.807) is 0 Å². The first-order chi connectivity index (χ1) is 11.1. The summed E-state index contributed by atoms with van der Waals surface area (Å²) in [6.45, 7) is 13.2. The molecule has 0 aliphatic carbocycles. The lowest BCUT2D eigenvalue weighted by Gasteiger charge is -2.22. The smallest absolute Gasteiger partial charge is 0.310 e. The van der Waals surface area contributed by atoms with Crippen molar-refractivity contribution in [2.75, 3.05) is 52.9 Å². The van der Waals surface area contributed by atoms with Gasteiger partial charge in [0, 0.05) is 32.7 Å². The number of rotatable bonds is 5. The van der Waals surface area contributed by atoms with Gasteiger partial charge in [0.05, 0.1) is 13.0 Å². The van der Waals surface area contributed by atoms with E-state index >= 15 is 0 Å². The van der Waals surface area contributed by atoms with Crippen molar-refractivity contribution in [3.8, 4) is 0 Å². The molecule has 3 atom stereocenters. The Labute approximate surface area is 163 Å². The van der Waals surface area contributed by atoms with Crippen LogP contribution in [0.15, 0.2) is 4.99 Å². The van der Waals surface area contributed by atoms with E-state index in [4.69, 9.17) is 9.73 Å². The summed E-state index contributed by atoms with van der Waals surface area (Å²) in [6, 6.07) is 0. The maximum atomic E-state index is 11.9. The normalized spacial score (nSPS) is 27.9. The molecule has 140 valence electrons. The number of esters is 1. The van der Waals surface area contributed by atoms with Gasteiger partial charge in [0.25, 0.3) is 0 Å². The molecular formula is C17H33IN4O2. The first-order valence-corrected chi connectivity index (χ1v) is 8.92. The summed E-state index contributed by atoms with van der Waals surface area (Å²) in [6.07, 6.45) is 1.23. The number of carbonyl (C=O) groups excluding carboxylic acids is 1. The van der Waals surface area contributed by atoms with E-state index in [1.165, 1.54) is 20.1 Å². The minimum Gasteiger partial charge on any atom is -0.469 e. The van der Waals surface area contributed by atoms with Crippen molar-refractivity contribution in [1.82, 2.24) is 15.1 Å². The van der Waals surface area contributed by atoms with E-state index in [1.807, 2.05) is 0 Å². The lowest BCUT2D eigenvalue weighted by atomic mass is 9.99. The summed E-state index contributed by atoms with van der Waals surface area (Å²) in [5, 5.41) is 3.38. The van der Waals surface area contributed by atoms with Crippen LogP contribution in [-0.4, -0.2) is 74.7 Å². The van der Waals surface area contributed by atoms with E-state index in [0.717, 1.165) is 38.7 Å². The van der Waals surface area contributed by atoms with Gasteiger partial charge >= 0.3 is 5.97 Å². The molecule has 0 bridgehead atoms. The Balaban J connectivity index is 0.00000288. The van der Waals surface area contributed by atoms with Crippen molar-refractivity contribution >= 4 is 35.9 Å². The maximum Gasteiger partial charge on any atom is 0.310 e. The molecule has 6 nitrogen and oxygen atoms in total. The quantitative estimate of drug-likeness (QED) is 0.298. The van der Waals surface area contributed by atoms with Crippen molar-refractivity contribution in [3.63, 3.8) is 0 Å². The fourth-order valence-electron chi connectivity index (χ4n) is 3.59. The predicted molar refractivity (Wildman–Crippen MR) is 108 cm³/mol. The molecule has 0 saturated carbocycles. The van der Waals surface area contributed by atoms with Crippen LogP contribution in [0.5, 0.6) is 0 Å². The molecule has 1 N–H and O–H groups in total. The van der Waals surface area contributed by atoms with Crippen LogP contribution in [0, 0.1) is 17.8 Å². The van der Waals surface area contributed by atoms with Crippen LogP contribution in [0.25, 0.3) is 0 Å². The zero-order valence-electron chi connectivity index (χ0n) is 15.5. The second-order valence-corrected chi connectivity index (χ2v) is 6.75. The summed E-state index contributed by atoms with van der Waals surface area (Å²) >= 11 is 0. The molecule has 0 spiro atoms. The second kappa shape index (κ2) is 10.4. The molecule has 0 amide bonds. The molecule has 2 fully saturated rings. The number of ether oxygens (including phenoxy) is 1. The SMILES string of the molecule is CCNC(=NCC1CCN(CC)C1)N1CC(C)C(C(=O)OC)C1.I. The molecule has 2 heterocycles. The average Bonchev–Trinajstić information content (AvgIpc) is 3.17. The molecule has 0 aromatic carbocycles. The number of aliphatic imine (C=N–C) groups is 1. The largest absolute Gasteiger partial charge is 0.469 e. The maximum absolute atomic E-state index is 11.9. The number of hydrogen-bond donors (Lipinski definition) is 1. The minimum atomic E-state index is -0.106. The van der Waals surface area contributed by atoms with Crippen LogP contribution in [0.2, 0.25) is 0 Å². The summed E-state index contributed by atoms with van der Waals surface area (Å²) in [7, 11) is 1.47. The van der Waals surface area contributed by atoms with Crippen LogP contribution in [0.3, 0.4) is 0 Å². The van der Waals surface area contributed by atoms with Gasteiger partial charge in [0.2, 0.25) is 0 Å². The van der Waals surface area contributed by atoms with Crippen LogP contribution in [-0.2, 0) is 9.53 Å². The van der Waals surface area contributed by atoms with E-state index in [-0.39, 0.29) is 35.9 Å². The minimum absolute atomic E-state index is 0. The van der Waals surface area contributed by atoms with E-state index in [9.17, 15) is 4.79 Å². The highest BCUT2D eigenvalue weighted by Crippen LogP contribution is 2.24. The number of halogens is 1. The van der Waals surface area contributed by atoms with Crippen LogP contribution < -0.4 is 5.32 Å². The number of likely N-dealkylation sites (tertiary alicyclic amines) is 2. The number of nitrogens with one attached hydrogen (secondary N) is 1. The third-order valence-corrected chi connectivity index (χ3v) is 5.07. The molecule has 0 aromatic heterocycles. The number of guanidine groups is 1. The average molecular weight is 452 g/mol. The molecule has 2 aliphatic heterocycles. The van der Waals surface area contributed by atoms with Gasteiger partial charge in [0.1, 0.15) is 0 Å². The molecule has 2 saturated heterocycles. The van der Waals surface area contributed by atoms with Gasteiger partial charge in [0.15, 0.2) is 5.96 Å². The summed E-state index contributed by atoms with van der Waals surface area (Å²) in [4.78, 5) is 21.4. The van der Waals surface area contributed by atoms with Crippen LogP contribution >= 0.6 is 24.0 Å². The molecule has 0 radical (unpaired) electrons. The van der Waals surface area contributed by atoms with Gasteiger partial charge in [-0.2, -0.15) is 0 Å². The molecule has 7 heteroatoms. The molecule has 2 aliphatic rings. The lowest BCUT2D eigenvalue weighted by molar-refractivity contribution is -0.145. The van der Waals surface area contributed by atoms with E-state index in [0.29, 0.717) is 18.4 Å². The van der Waals surface area contributed by atoms with Gasteiger partial charge in [-0.3, -0.25) is 9.79 Å². The molecule has 2 rings (SSSR count). The third kappa shape index (κ3) is 5.47. The zero-order valence-corrected chi connectivity index (χ0v) is 17.8. The summed E-state index contributed by atoms with van der Waals surface area (Å²) in [5.74, 6) is 1.74. The van der Waals surface area contributed by atoms with E-state index < -0.39 is 0 Å². The second-order valence-electron chi connectivity index (χ2n) is 6.75. The number of methoxy groups -OCH3 is 1. The standard InChI is InChI=1S/C17H32N4O2.HI/c1-5-18-17(19-9-14-7-8-20(6-2)11-14)21-10-13(3)15(12-21)16(22)23-4;/h13-15H,5-12H2,1-4H3,(H,18,19);1H. The monoisotopic (exact) mass is 452 g/mol. The van der Waals surface area contributed by atoms with Gasteiger partial charge < -0.3 is 19.9 Å². The zero-order chi connectivity index (χ0) is 16.8. The Morgan fingerprint density at radius 3 is 2.62 bits per heavy atom. The van der Waals surface area contributed by atoms with Gasteiger partial charge in [-0.1, -0.05) is 13.8 Å². The summed E-state index contributed by atoms with van der Waals surface area (Å²) in [5.41, 5.74) is 0. The van der Waals surface area contributed by atoms with Crippen LogP contribution in [0.1, 0.15) is 27.2 Å². The number of nitrogens with zero attached hydrogens (tertiary/aromatic N) is 3. The van der Waals surface area contributed by atoms with E-state index in [2.05, 4.69) is 35.9 Å². The van der Waals surface area contributed by atoms with Crippen molar-refractivity contribution < 1.29 is 9.53 Å². The molecule has 3 unspecified atom stereocenters. The van der Waals surface area contributed by atoms with Crippen LogP contribution in [0.4, 0.5) is 0 Å². The first-order valence-electron chi connectivity index (χ1n) is 8.92. The Kier molecular flexibility index (Phi) is 9.33. The Morgan fingerprint density at radius 1 is 1.29 bits per heavy atom. The highest BCUT2D eigenvalue weighted by atomic mass is 127. The summed E-state index contributed by atoms with van der Waals surface area (Å²) < 4.78 is 4.93. The molecule has 24 heavy (non-hydrogen) atoms. The topological polar surface area (TPSA) is 57.2 Å².